The molecule has 4 aromatic rings. The van der Waals surface area contributed by atoms with Crippen LogP contribution in [0.15, 0.2) is 30.3 Å². The summed E-state index contributed by atoms with van der Waals surface area (Å²) in [6.45, 7) is 7.66. The van der Waals surface area contributed by atoms with Crippen molar-refractivity contribution in [1.82, 2.24) is 25.2 Å². The standard InChI is InChI=1S/C39H42F2N6O/c1-3-25-21-47-26(20-42-25)9-11-30-32-35(33(41)34(43-30)28-7-5-6-24-8-10-29(40)27(4-2)31(24)28)44-37(45-36(32)47)48-23-39(14-15-39)22-46-18-16-38(12-13-38)17-19-46/h2,5-8,10,25-26,42H,3,9,11-23H2,1H3/t25-,26-/m1/s1. The van der Waals surface area contributed by atoms with E-state index >= 15 is 4.39 Å². The first kappa shape index (κ1) is 30.2. The lowest BCUT2D eigenvalue weighted by molar-refractivity contribution is 0.115. The summed E-state index contributed by atoms with van der Waals surface area (Å²) >= 11 is 0. The molecule has 2 saturated carbocycles. The van der Waals surface area contributed by atoms with Gasteiger partial charge in [-0.1, -0.05) is 37.1 Å². The zero-order valence-corrected chi connectivity index (χ0v) is 27.6. The highest BCUT2D eigenvalue weighted by Gasteiger charge is 2.49. The van der Waals surface area contributed by atoms with Crippen molar-refractivity contribution < 1.29 is 13.5 Å². The Balaban J connectivity index is 1.13. The minimum Gasteiger partial charge on any atom is -0.463 e. The van der Waals surface area contributed by atoms with Gasteiger partial charge in [-0.15, -0.1) is 6.42 Å². The second-order valence-electron chi connectivity index (χ2n) is 15.2. The predicted molar refractivity (Wildman–Crippen MR) is 184 cm³/mol. The maximum Gasteiger partial charge on any atom is 0.319 e. The second-order valence-corrected chi connectivity index (χ2v) is 15.2. The summed E-state index contributed by atoms with van der Waals surface area (Å²) < 4.78 is 38.6. The third-order valence-electron chi connectivity index (χ3n) is 12.1. The van der Waals surface area contributed by atoms with E-state index in [0.717, 1.165) is 56.4 Å². The topological polar surface area (TPSA) is 66.4 Å². The lowest BCUT2D eigenvalue weighted by Crippen LogP contribution is -2.56. The number of aryl methyl sites for hydroxylation is 1. The fourth-order valence-corrected chi connectivity index (χ4v) is 8.57. The first-order chi connectivity index (χ1) is 23.4. The number of hydrogen-bond acceptors (Lipinski definition) is 7. The Morgan fingerprint density at radius 1 is 1.02 bits per heavy atom. The molecule has 5 heterocycles. The van der Waals surface area contributed by atoms with E-state index in [1.165, 1.54) is 44.8 Å². The van der Waals surface area contributed by atoms with Gasteiger partial charge >= 0.3 is 6.01 Å². The van der Waals surface area contributed by atoms with Gasteiger partial charge in [-0.2, -0.15) is 9.97 Å². The van der Waals surface area contributed by atoms with E-state index in [4.69, 9.17) is 26.1 Å². The van der Waals surface area contributed by atoms with Crippen molar-refractivity contribution in [2.75, 3.05) is 44.2 Å². The van der Waals surface area contributed by atoms with Gasteiger partial charge in [0.05, 0.1) is 23.3 Å². The number of pyridine rings is 1. The number of benzene rings is 2. The Labute approximate surface area is 280 Å². The van der Waals surface area contributed by atoms with Crippen LogP contribution in [0.5, 0.6) is 6.01 Å². The average molecular weight is 649 g/mol. The van der Waals surface area contributed by atoms with Gasteiger partial charge in [-0.3, -0.25) is 0 Å². The molecule has 0 bridgehead atoms. The summed E-state index contributed by atoms with van der Waals surface area (Å²) in [7, 11) is 0. The van der Waals surface area contributed by atoms with E-state index in [-0.39, 0.29) is 34.2 Å². The number of terminal acetylenes is 1. The SMILES string of the molecule is C#Cc1c(F)ccc2cccc(-c3nc4c5c(nc(OCC6(CN7CCC8(CC7)CC8)CC6)nc5c3F)N3C[C@@H](CC)NC[C@H]3CC4)c12. The lowest BCUT2D eigenvalue weighted by Gasteiger charge is -2.40. The maximum atomic E-state index is 17.1. The van der Waals surface area contributed by atoms with E-state index in [9.17, 15) is 4.39 Å². The molecule has 2 aromatic carbocycles. The number of piperidine rings is 1. The van der Waals surface area contributed by atoms with Gasteiger partial charge in [0.1, 0.15) is 22.8 Å². The molecule has 9 rings (SSSR count). The monoisotopic (exact) mass is 648 g/mol. The van der Waals surface area contributed by atoms with Crippen molar-refractivity contribution in [3.8, 4) is 29.6 Å². The second kappa shape index (κ2) is 11.3. The van der Waals surface area contributed by atoms with Crippen LogP contribution >= 0.6 is 0 Å². The summed E-state index contributed by atoms with van der Waals surface area (Å²) in [6.07, 6.45) is 15.9. The van der Waals surface area contributed by atoms with Crippen LogP contribution in [0.25, 0.3) is 32.9 Å². The van der Waals surface area contributed by atoms with E-state index in [2.05, 4.69) is 28.0 Å². The van der Waals surface area contributed by atoms with E-state index in [0.29, 0.717) is 46.6 Å². The molecule has 9 heteroatoms. The van der Waals surface area contributed by atoms with Crippen LogP contribution in [-0.4, -0.2) is 71.3 Å². The third kappa shape index (κ3) is 5.11. The number of likely N-dealkylation sites (tertiary alicyclic amines) is 1. The van der Waals surface area contributed by atoms with Crippen molar-refractivity contribution >= 4 is 27.5 Å². The van der Waals surface area contributed by atoms with Crippen LogP contribution in [0.2, 0.25) is 0 Å². The minimum atomic E-state index is -0.564. The molecule has 7 nitrogen and oxygen atoms in total. The number of aromatic nitrogens is 3. The quantitative estimate of drug-likeness (QED) is 0.226. The number of anilines is 1. The van der Waals surface area contributed by atoms with Crippen molar-refractivity contribution in [2.45, 2.75) is 76.8 Å². The fraction of sp³-hybridized carbons (Fsp3) is 0.513. The van der Waals surface area contributed by atoms with Crippen molar-refractivity contribution in [3.63, 3.8) is 0 Å². The molecule has 1 N–H and O–H groups in total. The average Bonchev–Trinajstić information content (AvgIpc) is 4.05. The van der Waals surface area contributed by atoms with Crippen molar-refractivity contribution in [3.05, 3.63) is 53.2 Å². The van der Waals surface area contributed by atoms with Crippen LogP contribution < -0.4 is 15.0 Å². The molecular formula is C39H42F2N6O. The minimum absolute atomic E-state index is 0.0944. The Morgan fingerprint density at radius 2 is 1.85 bits per heavy atom. The molecule has 0 unspecified atom stereocenters. The van der Waals surface area contributed by atoms with Gasteiger partial charge in [0.25, 0.3) is 0 Å². The predicted octanol–water partition coefficient (Wildman–Crippen LogP) is 6.64. The highest BCUT2D eigenvalue weighted by atomic mass is 19.1. The molecular weight excluding hydrogens is 606 g/mol. The van der Waals surface area contributed by atoms with Gasteiger partial charge in [-0.05, 0) is 87.7 Å². The lowest BCUT2D eigenvalue weighted by atomic mass is 9.93. The zero-order valence-electron chi connectivity index (χ0n) is 27.6. The largest absolute Gasteiger partial charge is 0.463 e. The Bertz CT molecular complexity index is 1970. The summed E-state index contributed by atoms with van der Waals surface area (Å²) in [5.41, 5.74) is 2.39. The van der Waals surface area contributed by atoms with Gasteiger partial charge in [0.2, 0.25) is 0 Å². The number of nitrogens with one attached hydrogen (secondary N) is 1. The molecule has 3 aliphatic heterocycles. The Kier molecular flexibility index (Phi) is 7.14. The molecule has 2 saturated heterocycles. The number of piperazine rings is 1. The summed E-state index contributed by atoms with van der Waals surface area (Å²) in [4.78, 5) is 19.8. The van der Waals surface area contributed by atoms with Crippen LogP contribution in [0.3, 0.4) is 0 Å². The van der Waals surface area contributed by atoms with Crippen molar-refractivity contribution in [2.24, 2.45) is 10.8 Å². The number of nitrogens with zero attached hydrogens (tertiary/aromatic N) is 5. The molecule has 5 aliphatic rings. The van der Waals surface area contributed by atoms with Crippen LogP contribution in [0.1, 0.15) is 69.5 Å². The van der Waals surface area contributed by atoms with Gasteiger partial charge in [0.15, 0.2) is 5.82 Å². The van der Waals surface area contributed by atoms with Gasteiger partial charge in [0, 0.05) is 48.1 Å². The highest BCUT2D eigenvalue weighted by Crippen LogP contribution is 2.55. The number of fused-ring (bicyclic) bond motifs is 3. The van der Waals surface area contributed by atoms with Gasteiger partial charge < -0.3 is 19.9 Å². The van der Waals surface area contributed by atoms with E-state index in [1.807, 2.05) is 12.1 Å². The number of halogens is 2. The molecule has 0 amide bonds. The molecule has 2 aromatic heterocycles. The number of ether oxygens (including phenoxy) is 1. The molecule has 4 fully saturated rings. The third-order valence-corrected chi connectivity index (χ3v) is 12.1. The molecule has 48 heavy (non-hydrogen) atoms. The zero-order chi connectivity index (χ0) is 32.6. The summed E-state index contributed by atoms with van der Waals surface area (Å²) in [6, 6.07) is 9.18. The Hall–Kier alpha value is -3.87. The first-order valence-corrected chi connectivity index (χ1v) is 17.8. The number of rotatable bonds is 7. The summed E-state index contributed by atoms with van der Waals surface area (Å²) in [5.74, 6) is 2.12. The molecule has 1 spiro atoms. The number of hydrogen-bond donors (Lipinski definition) is 1. The maximum absolute atomic E-state index is 17.1. The van der Waals surface area contributed by atoms with Crippen LogP contribution in [0, 0.1) is 34.8 Å². The molecule has 2 atom stereocenters. The molecule has 248 valence electrons. The van der Waals surface area contributed by atoms with E-state index in [1.54, 1.807) is 12.1 Å². The smallest absolute Gasteiger partial charge is 0.319 e. The highest BCUT2D eigenvalue weighted by molar-refractivity contribution is 6.02. The summed E-state index contributed by atoms with van der Waals surface area (Å²) in [5, 5.41) is 5.54. The van der Waals surface area contributed by atoms with Gasteiger partial charge in [-0.25, -0.2) is 13.8 Å². The molecule has 0 radical (unpaired) electrons. The first-order valence-electron chi connectivity index (χ1n) is 17.8. The van der Waals surface area contributed by atoms with Crippen LogP contribution in [-0.2, 0) is 6.42 Å². The fourth-order valence-electron chi connectivity index (χ4n) is 8.57. The normalized spacial score (nSPS) is 23.9. The van der Waals surface area contributed by atoms with Crippen molar-refractivity contribution in [1.29, 1.82) is 0 Å². The molecule has 2 aliphatic carbocycles. The van der Waals surface area contributed by atoms with Crippen LogP contribution in [0.4, 0.5) is 14.6 Å². The van der Waals surface area contributed by atoms with E-state index < -0.39 is 11.6 Å². The Morgan fingerprint density at radius 3 is 2.60 bits per heavy atom.